The van der Waals surface area contributed by atoms with Gasteiger partial charge in [0, 0.05) is 35.8 Å². The number of hydrogen-bond donors (Lipinski definition) is 1. The second-order valence-corrected chi connectivity index (χ2v) is 9.59. The number of hydrogen-bond acceptors (Lipinski definition) is 5. The van der Waals surface area contributed by atoms with Crippen LogP contribution in [0.3, 0.4) is 0 Å². The molecule has 1 aliphatic rings. The SMILES string of the molecule is CSCCCN1CCC(Nc2cc(-c3ccccc3Cl)nc3c(Br)cnn23)CC1. The van der Waals surface area contributed by atoms with Crippen molar-refractivity contribution in [3.63, 3.8) is 0 Å². The van der Waals surface area contributed by atoms with Crippen molar-refractivity contribution < 1.29 is 0 Å². The number of anilines is 1. The molecular formula is C21H25BrClN5S. The quantitative estimate of drug-likeness (QED) is 0.443. The van der Waals surface area contributed by atoms with Crippen molar-refractivity contribution in [2.45, 2.75) is 25.3 Å². The minimum absolute atomic E-state index is 0.430. The zero-order valence-electron chi connectivity index (χ0n) is 16.4. The summed E-state index contributed by atoms with van der Waals surface area (Å²) < 4.78 is 2.74. The molecule has 1 fully saturated rings. The van der Waals surface area contributed by atoms with E-state index < -0.39 is 0 Å². The topological polar surface area (TPSA) is 45.5 Å². The van der Waals surface area contributed by atoms with Crippen LogP contribution >= 0.6 is 39.3 Å². The zero-order chi connectivity index (χ0) is 20.2. The summed E-state index contributed by atoms with van der Waals surface area (Å²) in [5.74, 6) is 2.20. The van der Waals surface area contributed by atoms with Gasteiger partial charge < -0.3 is 10.2 Å². The molecule has 3 heterocycles. The van der Waals surface area contributed by atoms with Crippen LogP contribution in [0.5, 0.6) is 0 Å². The van der Waals surface area contributed by atoms with E-state index in [4.69, 9.17) is 16.6 Å². The van der Waals surface area contributed by atoms with Crippen molar-refractivity contribution in [3.05, 3.63) is 46.0 Å². The summed E-state index contributed by atoms with van der Waals surface area (Å²) in [4.78, 5) is 7.37. The van der Waals surface area contributed by atoms with E-state index in [9.17, 15) is 0 Å². The monoisotopic (exact) mass is 493 g/mol. The largest absolute Gasteiger partial charge is 0.367 e. The Kier molecular flexibility index (Phi) is 7.00. The standard InChI is InChI=1S/C21H25BrClN5S/c1-29-12-4-9-27-10-7-15(8-11-27)25-20-13-19(16-5-2-3-6-18(16)23)26-21-17(22)14-24-28(20)21/h2-3,5-6,13-15,25H,4,7-12H2,1H3. The summed E-state index contributed by atoms with van der Waals surface area (Å²) in [7, 11) is 0. The molecule has 8 heteroatoms. The third-order valence-corrected chi connectivity index (χ3v) is 6.93. The van der Waals surface area contributed by atoms with E-state index in [0.717, 1.165) is 53.1 Å². The average molecular weight is 495 g/mol. The molecule has 0 radical (unpaired) electrons. The van der Waals surface area contributed by atoms with Crippen molar-refractivity contribution in [1.29, 1.82) is 0 Å². The maximum Gasteiger partial charge on any atom is 0.172 e. The minimum Gasteiger partial charge on any atom is -0.367 e. The Bertz CT molecular complexity index is 971. The first kappa shape index (κ1) is 21.0. The van der Waals surface area contributed by atoms with Crippen molar-refractivity contribution in [3.8, 4) is 11.3 Å². The number of thioether (sulfide) groups is 1. The van der Waals surface area contributed by atoms with Gasteiger partial charge in [0.15, 0.2) is 5.65 Å². The van der Waals surface area contributed by atoms with Gasteiger partial charge in [-0.1, -0.05) is 29.8 Å². The van der Waals surface area contributed by atoms with Crippen LogP contribution < -0.4 is 5.32 Å². The Balaban J connectivity index is 1.54. The molecule has 0 aliphatic carbocycles. The number of aromatic nitrogens is 3. The summed E-state index contributed by atoms with van der Waals surface area (Å²) in [5.41, 5.74) is 2.57. The Labute approximate surface area is 189 Å². The van der Waals surface area contributed by atoms with E-state index in [1.807, 2.05) is 40.5 Å². The normalized spacial score (nSPS) is 15.8. The fraction of sp³-hybridized carbons (Fsp3) is 0.429. The van der Waals surface area contributed by atoms with Gasteiger partial charge in [-0.25, -0.2) is 4.98 Å². The van der Waals surface area contributed by atoms with Gasteiger partial charge in [0.25, 0.3) is 0 Å². The van der Waals surface area contributed by atoms with Gasteiger partial charge in [0.2, 0.25) is 0 Å². The summed E-state index contributed by atoms with van der Waals surface area (Å²) in [6.07, 6.45) is 7.50. The van der Waals surface area contributed by atoms with Crippen LogP contribution in [0.2, 0.25) is 5.02 Å². The average Bonchev–Trinajstić information content (AvgIpc) is 3.11. The fourth-order valence-corrected chi connectivity index (χ4v) is 4.79. The Morgan fingerprint density at radius 2 is 2.07 bits per heavy atom. The first-order valence-electron chi connectivity index (χ1n) is 9.92. The molecule has 1 saturated heterocycles. The molecule has 0 saturated carbocycles. The first-order valence-corrected chi connectivity index (χ1v) is 12.5. The van der Waals surface area contributed by atoms with E-state index >= 15 is 0 Å². The van der Waals surface area contributed by atoms with Gasteiger partial charge in [0.1, 0.15) is 5.82 Å². The number of rotatable bonds is 7. The molecule has 0 bridgehead atoms. The molecule has 1 aliphatic heterocycles. The van der Waals surface area contributed by atoms with E-state index in [2.05, 4.69) is 43.6 Å². The number of halogens is 2. The lowest BCUT2D eigenvalue weighted by Crippen LogP contribution is -2.39. The molecule has 154 valence electrons. The lowest BCUT2D eigenvalue weighted by atomic mass is 10.0. The van der Waals surface area contributed by atoms with E-state index in [1.165, 1.54) is 18.7 Å². The summed E-state index contributed by atoms with van der Waals surface area (Å²) in [6, 6.07) is 10.3. The molecule has 3 aromatic rings. The maximum atomic E-state index is 6.43. The highest BCUT2D eigenvalue weighted by atomic mass is 79.9. The lowest BCUT2D eigenvalue weighted by molar-refractivity contribution is 0.220. The molecule has 29 heavy (non-hydrogen) atoms. The zero-order valence-corrected chi connectivity index (χ0v) is 19.6. The molecule has 2 aromatic heterocycles. The van der Waals surface area contributed by atoms with Gasteiger partial charge in [0.05, 0.1) is 16.4 Å². The van der Waals surface area contributed by atoms with Crippen LogP contribution in [0.25, 0.3) is 16.9 Å². The molecule has 5 nitrogen and oxygen atoms in total. The number of likely N-dealkylation sites (tertiary alicyclic amines) is 1. The van der Waals surface area contributed by atoms with Crippen molar-refractivity contribution in [2.24, 2.45) is 0 Å². The minimum atomic E-state index is 0.430. The smallest absolute Gasteiger partial charge is 0.172 e. The van der Waals surface area contributed by atoms with E-state index in [0.29, 0.717) is 11.1 Å². The number of fused-ring (bicyclic) bond motifs is 1. The van der Waals surface area contributed by atoms with Crippen LogP contribution in [-0.4, -0.2) is 57.2 Å². The fourth-order valence-electron chi connectivity index (χ4n) is 3.79. The first-order chi connectivity index (χ1) is 14.2. The molecule has 1 aromatic carbocycles. The Morgan fingerprint density at radius 1 is 1.28 bits per heavy atom. The molecular weight excluding hydrogens is 470 g/mol. The number of nitrogens with one attached hydrogen (secondary N) is 1. The number of benzene rings is 1. The maximum absolute atomic E-state index is 6.43. The molecule has 4 rings (SSSR count). The second-order valence-electron chi connectivity index (χ2n) is 7.34. The second kappa shape index (κ2) is 9.69. The Hall–Kier alpha value is -1.28. The van der Waals surface area contributed by atoms with E-state index in [1.54, 1.807) is 6.20 Å². The van der Waals surface area contributed by atoms with Crippen LogP contribution in [0, 0.1) is 0 Å². The molecule has 0 amide bonds. The van der Waals surface area contributed by atoms with Crippen molar-refractivity contribution in [1.82, 2.24) is 19.5 Å². The van der Waals surface area contributed by atoms with Crippen LogP contribution in [0.15, 0.2) is 41.0 Å². The molecule has 1 N–H and O–H groups in total. The van der Waals surface area contributed by atoms with Gasteiger partial charge >= 0.3 is 0 Å². The lowest BCUT2D eigenvalue weighted by Gasteiger charge is -2.32. The van der Waals surface area contributed by atoms with Gasteiger partial charge in [-0.3, -0.25) is 0 Å². The summed E-state index contributed by atoms with van der Waals surface area (Å²) >= 11 is 11.9. The van der Waals surface area contributed by atoms with Crippen LogP contribution in [-0.2, 0) is 0 Å². The third kappa shape index (κ3) is 4.90. The van der Waals surface area contributed by atoms with Crippen molar-refractivity contribution in [2.75, 3.05) is 37.0 Å². The highest BCUT2D eigenvalue weighted by Gasteiger charge is 2.21. The molecule has 0 spiro atoms. The molecule has 0 unspecified atom stereocenters. The number of piperidine rings is 1. The molecule has 0 atom stereocenters. The van der Waals surface area contributed by atoms with Gasteiger partial charge in [-0.15, -0.1) is 0 Å². The Morgan fingerprint density at radius 3 is 2.83 bits per heavy atom. The van der Waals surface area contributed by atoms with Crippen molar-refractivity contribution >= 4 is 50.8 Å². The summed E-state index contributed by atoms with van der Waals surface area (Å²) in [5, 5.41) is 8.92. The predicted molar refractivity (Wildman–Crippen MR) is 127 cm³/mol. The van der Waals surface area contributed by atoms with Gasteiger partial charge in [-0.05, 0) is 59.8 Å². The van der Waals surface area contributed by atoms with Crippen LogP contribution in [0.1, 0.15) is 19.3 Å². The van der Waals surface area contributed by atoms with E-state index in [-0.39, 0.29) is 0 Å². The number of nitrogens with zero attached hydrogens (tertiary/aromatic N) is 4. The highest BCUT2D eigenvalue weighted by Crippen LogP contribution is 2.31. The van der Waals surface area contributed by atoms with Gasteiger partial charge in [-0.2, -0.15) is 21.4 Å². The predicted octanol–water partition coefficient (Wildman–Crippen LogP) is 5.44. The summed E-state index contributed by atoms with van der Waals surface area (Å²) in [6.45, 7) is 3.48. The van der Waals surface area contributed by atoms with Crippen LogP contribution in [0.4, 0.5) is 5.82 Å². The third-order valence-electron chi connectivity index (χ3n) is 5.34. The highest BCUT2D eigenvalue weighted by molar-refractivity contribution is 9.10.